The average molecular weight is 461 g/mol. The second-order valence-electron chi connectivity index (χ2n) is 7.22. The van der Waals surface area contributed by atoms with E-state index in [2.05, 4.69) is 5.32 Å². The Morgan fingerprint density at radius 3 is 2.38 bits per heavy atom. The predicted molar refractivity (Wildman–Crippen MR) is 132 cm³/mol. The lowest BCUT2D eigenvalue weighted by atomic mass is 10.1. The monoisotopic (exact) mass is 460 g/mol. The molecule has 5 rings (SSSR count). The van der Waals surface area contributed by atoms with Gasteiger partial charge in [-0.3, -0.25) is 0 Å². The molecule has 1 heterocycles. The van der Waals surface area contributed by atoms with Gasteiger partial charge in [0.1, 0.15) is 17.2 Å². The third-order valence-electron chi connectivity index (χ3n) is 5.12. The minimum Gasteiger partial charge on any atom is -0.497 e. The Balaban J connectivity index is 1.58. The lowest BCUT2D eigenvalue weighted by Gasteiger charge is -2.15. The SMILES string of the molecule is COc1ccc2nc3cc(Cl)ccc3c(Nc3ccc(Oc4ccccc4)c(Cl)c3)c2c1. The van der Waals surface area contributed by atoms with Crippen molar-refractivity contribution in [2.24, 2.45) is 0 Å². The number of anilines is 2. The van der Waals surface area contributed by atoms with Gasteiger partial charge in [0.2, 0.25) is 0 Å². The van der Waals surface area contributed by atoms with Crippen molar-refractivity contribution in [2.45, 2.75) is 0 Å². The number of ether oxygens (including phenoxy) is 2. The zero-order valence-electron chi connectivity index (χ0n) is 17.1. The average Bonchev–Trinajstić information content (AvgIpc) is 2.81. The van der Waals surface area contributed by atoms with E-state index >= 15 is 0 Å². The summed E-state index contributed by atoms with van der Waals surface area (Å²) in [4.78, 5) is 4.77. The normalized spacial score (nSPS) is 11.0. The molecule has 0 radical (unpaired) electrons. The summed E-state index contributed by atoms with van der Waals surface area (Å²) >= 11 is 12.8. The number of benzene rings is 4. The summed E-state index contributed by atoms with van der Waals surface area (Å²) in [6.45, 7) is 0. The molecule has 1 N–H and O–H groups in total. The van der Waals surface area contributed by atoms with Gasteiger partial charge in [0.25, 0.3) is 0 Å². The van der Waals surface area contributed by atoms with Crippen LogP contribution in [0.5, 0.6) is 17.2 Å². The second-order valence-corrected chi connectivity index (χ2v) is 8.06. The van der Waals surface area contributed by atoms with E-state index in [1.54, 1.807) is 7.11 Å². The van der Waals surface area contributed by atoms with E-state index in [-0.39, 0.29) is 0 Å². The summed E-state index contributed by atoms with van der Waals surface area (Å²) in [7, 11) is 1.65. The van der Waals surface area contributed by atoms with E-state index in [1.807, 2.05) is 84.9 Å². The third kappa shape index (κ3) is 4.03. The Bertz CT molecular complexity index is 1440. The van der Waals surface area contributed by atoms with E-state index in [0.29, 0.717) is 15.8 Å². The molecule has 32 heavy (non-hydrogen) atoms. The van der Waals surface area contributed by atoms with Crippen molar-refractivity contribution in [1.82, 2.24) is 4.98 Å². The number of nitrogens with zero attached hydrogens (tertiary/aromatic N) is 1. The molecule has 0 saturated carbocycles. The molecule has 0 aliphatic heterocycles. The molecule has 0 fully saturated rings. The molecule has 4 aromatic carbocycles. The van der Waals surface area contributed by atoms with Crippen LogP contribution in [-0.4, -0.2) is 12.1 Å². The summed E-state index contributed by atoms with van der Waals surface area (Å²) in [5.41, 5.74) is 3.35. The highest BCUT2D eigenvalue weighted by atomic mass is 35.5. The van der Waals surface area contributed by atoms with Crippen molar-refractivity contribution in [3.05, 3.63) is 95.0 Å². The summed E-state index contributed by atoms with van der Waals surface area (Å²) in [5, 5.41) is 6.52. The van der Waals surface area contributed by atoms with E-state index in [1.165, 1.54) is 0 Å². The molecule has 1 aromatic heterocycles. The molecule has 4 nitrogen and oxygen atoms in total. The predicted octanol–water partition coefficient (Wildman–Crippen LogP) is 8.24. The van der Waals surface area contributed by atoms with Gasteiger partial charge in [0.05, 0.1) is 28.9 Å². The lowest BCUT2D eigenvalue weighted by molar-refractivity contribution is 0.415. The second kappa shape index (κ2) is 8.58. The molecule has 0 unspecified atom stereocenters. The van der Waals surface area contributed by atoms with Crippen LogP contribution in [0.1, 0.15) is 0 Å². The van der Waals surface area contributed by atoms with Crippen LogP contribution in [0.3, 0.4) is 0 Å². The van der Waals surface area contributed by atoms with Gasteiger partial charge < -0.3 is 14.8 Å². The van der Waals surface area contributed by atoms with E-state index in [4.69, 9.17) is 37.7 Å². The van der Waals surface area contributed by atoms with Crippen LogP contribution in [0, 0.1) is 0 Å². The van der Waals surface area contributed by atoms with Crippen LogP contribution in [0.15, 0.2) is 84.9 Å². The number of nitrogens with one attached hydrogen (secondary N) is 1. The molecule has 0 spiro atoms. The number of methoxy groups -OCH3 is 1. The van der Waals surface area contributed by atoms with Crippen molar-refractivity contribution in [3.63, 3.8) is 0 Å². The van der Waals surface area contributed by atoms with Gasteiger partial charge in [-0.05, 0) is 66.7 Å². The first kappa shape index (κ1) is 20.4. The van der Waals surface area contributed by atoms with Crippen LogP contribution in [0.25, 0.3) is 21.8 Å². The molecular weight excluding hydrogens is 443 g/mol. The minimum atomic E-state index is 0.502. The number of hydrogen-bond acceptors (Lipinski definition) is 4. The first-order chi connectivity index (χ1) is 15.6. The number of pyridine rings is 1. The van der Waals surface area contributed by atoms with Crippen molar-refractivity contribution < 1.29 is 9.47 Å². The van der Waals surface area contributed by atoms with Crippen LogP contribution in [0.2, 0.25) is 10.0 Å². The number of aromatic nitrogens is 1. The number of hydrogen-bond donors (Lipinski definition) is 1. The lowest BCUT2D eigenvalue weighted by Crippen LogP contribution is -1.96. The fourth-order valence-electron chi connectivity index (χ4n) is 3.58. The molecule has 6 heteroatoms. The van der Waals surface area contributed by atoms with Crippen LogP contribution >= 0.6 is 23.2 Å². The van der Waals surface area contributed by atoms with Crippen LogP contribution in [-0.2, 0) is 0 Å². The number of rotatable bonds is 5. The zero-order chi connectivity index (χ0) is 22.1. The summed E-state index contributed by atoms with van der Waals surface area (Å²) in [5.74, 6) is 2.06. The molecule has 0 aliphatic carbocycles. The first-order valence-electron chi connectivity index (χ1n) is 9.97. The summed E-state index contributed by atoms with van der Waals surface area (Å²) in [6.07, 6.45) is 0. The Hall–Kier alpha value is -3.47. The fraction of sp³-hybridized carbons (Fsp3) is 0.0385. The molecule has 0 amide bonds. The molecule has 0 saturated heterocycles. The number of fused-ring (bicyclic) bond motifs is 2. The summed E-state index contributed by atoms with van der Waals surface area (Å²) in [6, 6.07) is 26.6. The van der Waals surface area contributed by atoms with Gasteiger partial charge in [0.15, 0.2) is 0 Å². The van der Waals surface area contributed by atoms with Gasteiger partial charge >= 0.3 is 0 Å². The van der Waals surface area contributed by atoms with Gasteiger partial charge in [0, 0.05) is 21.5 Å². The molecule has 158 valence electrons. The fourth-order valence-corrected chi connectivity index (χ4v) is 3.96. The molecular formula is C26H18Cl2N2O2. The highest BCUT2D eigenvalue weighted by Gasteiger charge is 2.13. The van der Waals surface area contributed by atoms with Gasteiger partial charge in [-0.25, -0.2) is 4.98 Å². The third-order valence-corrected chi connectivity index (χ3v) is 5.65. The van der Waals surface area contributed by atoms with Crippen molar-refractivity contribution in [1.29, 1.82) is 0 Å². The van der Waals surface area contributed by atoms with Crippen molar-refractivity contribution >= 4 is 56.4 Å². The largest absolute Gasteiger partial charge is 0.497 e. The van der Waals surface area contributed by atoms with Crippen molar-refractivity contribution in [3.8, 4) is 17.2 Å². The maximum atomic E-state index is 6.54. The maximum absolute atomic E-state index is 6.54. The Kier molecular flexibility index (Phi) is 5.48. The van der Waals surface area contributed by atoms with E-state index in [0.717, 1.165) is 44.7 Å². The standard InChI is InChI=1S/C26H18Cl2N2O2/c1-31-19-9-11-23-21(15-19)26(20-10-7-16(27)13-24(20)30-23)29-17-8-12-25(22(28)14-17)32-18-5-3-2-4-6-18/h2-15H,1H3,(H,29,30). The minimum absolute atomic E-state index is 0.502. The zero-order valence-corrected chi connectivity index (χ0v) is 18.6. The molecule has 0 aliphatic rings. The Morgan fingerprint density at radius 1 is 0.750 bits per heavy atom. The van der Waals surface area contributed by atoms with E-state index < -0.39 is 0 Å². The van der Waals surface area contributed by atoms with Gasteiger partial charge in [-0.2, -0.15) is 0 Å². The Morgan fingerprint density at radius 2 is 1.59 bits per heavy atom. The van der Waals surface area contributed by atoms with Crippen molar-refractivity contribution in [2.75, 3.05) is 12.4 Å². The molecule has 0 bridgehead atoms. The Labute approximate surface area is 195 Å². The molecule has 0 atom stereocenters. The van der Waals surface area contributed by atoms with Crippen LogP contribution < -0.4 is 14.8 Å². The number of halogens is 2. The summed E-state index contributed by atoms with van der Waals surface area (Å²) < 4.78 is 11.3. The smallest absolute Gasteiger partial charge is 0.146 e. The highest BCUT2D eigenvalue weighted by Crippen LogP contribution is 2.38. The van der Waals surface area contributed by atoms with E-state index in [9.17, 15) is 0 Å². The quantitative estimate of drug-likeness (QED) is 0.268. The highest BCUT2D eigenvalue weighted by molar-refractivity contribution is 6.32. The first-order valence-corrected chi connectivity index (χ1v) is 10.7. The molecule has 5 aromatic rings. The number of para-hydroxylation sites is 1. The van der Waals surface area contributed by atoms with Gasteiger partial charge in [-0.1, -0.05) is 41.4 Å². The van der Waals surface area contributed by atoms with Crippen LogP contribution in [0.4, 0.5) is 11.4 Å². The maximum Gasteiger partial charge on any atom is 0.146 e. The van der Waals surface area contributed by atoms with Gasteiger partial charge in [-0.15, -0.1) is 0 Å². The topological polar surface area (TPSA) is 43.4 Å².